The van der Waals surface area contributed by atoms with Gasteiger partial charge < -0.3 is 15.3 Å². The van der Waals surface area contributed by atoms with Crippen molar-refractivity contribution >= 4 is 6.03 Å². The zero-order valence-electron chi connectivity index (χ0n) is 12.4. The van der Waals surface area contributed by atoms with Crippen LogP contribution in [0.2, 0.25) is 0 Å². The van der Waals surface area contributed by atoms with E-state index in [0.29, 0.717) is 12.5 Å². The van der Waals surface area contributed by atoms with Gasteiger partial charge in [-0.25, -0.2) is 9.18 Å². The van der Waals surface area contributed by atoms with Crippen molar-refractivity contribution in [1.82, 2.24) is 10.2 Å². The van der Waals surface area contributed by atoms with Gasteiger partial charge in [0.2, 0.25) is 0 Å². The zero-order chi connectivity index (χ0) is 15.2. The lowest BCUT2D eigenvalue weighted by Gasteiger charge is -2.28. The van der Waals surface area contributed by atoms with E-state index in [0.717, 1.165) is 18.4 Å². The molecule has 4 nitrogen and oxygen atoms in total. The summed E-state index contributed by atoms with van der Waals surface area (Å²) in [5, 5.41) is 11.9. The number of likely N-dealkylation sites (N-methyl/N-ethyl adjacent to an activating group) is 1. The first-order valence-corrected chi connectivity index (χ1v) is 7.49. The number of hydrogen-bond donors (Lipinski definition) is 2. The number of aliphatic hydroxyl groups excluding tert-OH is 1. The summed E-state index contributed by atoms with van der Waals surface area (Å²) in [4.78, 5) is 13.6. The van der Waals surface area contributed by atoms with Crippen LogP contribution in [-0.2, 0) is 0 Å². The lowest BCUT2D eigenvalue weighted by Crippen LogP contribution is -2.42. The second-order valence-corrected chi connectivity index (χ2v) is 5.67. The fourth-order valence-electron chi connectivity index (χ4n) is 2.93. The third kappa shape index (κ3) is 4.17. The molecule has 0 saturated heterocycles. The van der Waals surface area contributed by atoms with Crippen molar-refractivity contribution in [3.63, 3.8) is 0 Å². The Labute approximate surface area is 125 Å². The van der Waals surface area contributed by atoms with Crippen LogP contribution in [0.5, 0.6) is 0 Å². The molecule has 116 valence electrons. The molecule has 1 fully saturated rings. The van der Waals surface area contributed by atoms with E-state index in [1.54, 1.807) is 19.2 Å². The van der Waals surface area contributed by atoms with E-state index in [2.05, 4.69) is 5.32 Å². The smallest absolute Gasteiger partial charge is 0.317 e. The number of benzene rings is 1. The number of amides is 2. The van der Waals surface area contributed by atoms with E-state index in [1.165, 1.54) is 29.9 Å². The predicted molar refractivity (Wildman–Crippen MR) is 79.3 cm³/mol. The number of nitrogens with one attached hydrogen (secondary N) is 1. The van der Waals surface area contributed by atoms with Gasteiger partial charge in [0.1, 0.15) is 5.82 Å². The molecule has 21 heavy (non-hydrogen) atoms. The second-order valence-electron chi connectivity index (χ2n) is 5.67. The van der Waals surface area contributed by atoms with Crippen molar-refractivity contribution in [1.29, 1.82) is 0 Å². The fraction of sp³-hybridized carbons (Fsp3) is 0.562. The van der Waals surface area contributed by atoms with Gasteiger partial charge in [-0.2, -0.15) is 0 Å². The van der Waals surface area contributed by atoms with Crippen LogP contribution in [0.3, 0.4) is 0 Å². The highest BCUT2D eigenvalue weighted by molar-refractivity contribution is 5.74. The van der Waals surface area contributed by atoms with Crippen LogP contribution in [0.25, 0.3) is 0 Å². The van der Waals surface area contributed by atoms with Crippen LogP contribution < -0.4 is 5.32 Å². The van der Waals surface area contributed by atoms with Crippen LogP contribution in [-0.4, -0.2) is 36.2 Å². The third-order valence-electron chi connectivity index (χ3n) is 4.16. The molecular weight excluding hydrogens is 271 g/mol. The molecule has 1 aromatic rings. The number of nitrogens with zero attached hydrogens (tertiary/aromatic N) is 1. The van der Waals surface area contributed by atoms with Gasteiger partial charge >= 0.3 is 6.03 Å². The van der Waals surface area contributed by atoms with Gasteiger partial charge in [-0.3, -0.25) is 0 Å². The topological polar surface area (TPSA) is 52.6 Å². The van der Waals surface area contributed by atoms with Gasteiger partial charge in [-0.15, -0.1) is 0 Å². The maximum atomic E-state index is 13.1. The number of hydrogen-bond acceptors (Lipinski definition) is 2. The number of halogens is 1. The zero-order valence-corrected chi connectivity index (χ0v) is 12.4. The van der Waals surface area contributed by atoms with Crippen LogP contribution >= 0.6 is 0 Å². The molecule has 0 aliphatic heterocycles. The number of aliphatic hydroxyl groups is 1. The minimum absolute atomic E-state index is 0.0609. The van der Waals surface area contributed by atoms with Crippen LogP contribution in [0, 0.1) is 11.7 Å². The number of carbonyl (C=O) groups excluding carboxylic acids is 1. The lowest BCUT2D eigenvalue weighted by molar-refractivity contribution is 0.183. The second kappa shape index (κ2) is 7.41. The van der Waals surface area contributed by atoms with Crippen molar-refractivity contribution < 1.29 is 14.3 Å². The molecule has 1 aliphatic carbocycles. The molecule has 0 spiro atoms. The summed E-state index contributed by atoms with van der Waals surface area (Å²) < 4.78 is 13.1. The normalized spacial score (nSPS) is 16.7. The first-order valence-electron chi connectivity index (χ1n) is 7.49. The Hall–Kier alpha value is -1.62. The minimum Gasteiger partial charge on any atom is -0.395 e. The fourth-order valence-corrected chi connectivity index (χ4v) is 2.93. The Morgan fingerprint density at radius 2 is 2.00 bits per heavy atom. The molecule has 1 aliphatic rings. The maximum absolute atomic E-state index is 13.1. The van der Waals surface area contributed by atoms with Crippen LogP contribution in [0.15, 0.2) is 24.3 Å². The molecule has 1 atom stereocenters. The minimum atomic E-state index is -0.271. The van der Waals surface area contributed by atoms with E-state index >= 15 is 0 Å². The third-order valence-corrected chi connectivity index (χ3v) is 4.16. The van der Waals surface area contributed by atoms with Crippen molar-refractivity contribution in [3.05, 3.63) is 35.6 Å². The van der Waals surface area contributed by atoms with Gasteiger partial charge in [-0.05, 0) is 36.5 Å². The monoisotopic (exact) mass is 294 g/mol. The molecule has 1 saturated carbocycles. The Bertz CT molecular complexity index is 458. The SMILES string of the molecule is CN(CCO)C(=O)NC(c1ccc(F)cc1)C1CCCC1. The highest BCUT2D eigenvalue weighted by Gasteiger charge is 2.28. The summed E-state index contributed by atoms with van der Waals surface area (Å²) in [7, 11) is 1.65. The van der Waals surface area contributed by atoms with Gasteiger partial charge in [0.25, 0.3) is 0 Å². The molecule has 0 aromatic heterocycles. The molecular formula is C16H23FN2O2. The summed E-state index contributed by atoms with van der Waals surface area (Å²) >= 11 is 0. The standard InChI is InChI=1S/C16H23FN2O2/c1-19(10-11-20)16(21)18-15(12-4-2-3-5-12)13-6-8-14(17)9-7-13/h6-9,12,15,20H,2-5,10-11H2,1H3,(H,18,21). The van der Waals surface area contributed by atoms with Gasteiger partial charge in [-0.1, -0.05) is 25.0 Å². The van der Waals surface area contributed by atoms with E-state index in [1.807, 2.05) is 0 Å². The molecule has 0 bridgehead atoms. The summed E-state index contributed by atoms with van der Waals surface area (Å²) in [6.07, 6.45) is 4.49. The van der Waals surface area contributed by atoms with E-state index < -0.39 is 0 Å². The summed E-state index contributed by atoms with van der Waals surface area (Å²) in [6.45, 7) is 0.237. The van der Waals surface area contributed by atoms with Crippen molar-refractivity contribution in [2.75, 3.05) is 20.2 Å². The largest absolute Gasteiger partial charge is 0.395 e. The summed E-state index contributed by atoms with van der Waals surface area (Å²) in [5.41, 5.74) is 0.939. The van der Waals surface area contributed by atoms with Gasteiger partial charge in [0, 0.05) is 13.6 Å². The first kappa shape index (κ1) is 15.8. The summed E-state index contributed by atoms with van der Waals surface area (Å²) in [5.74, 6) is 0.120. The van der Waals surface area contributed by atoms with E-state index in [-0.39, 0.29) is 24.5 Å². The Morgan fingerprint density at radius 1 is 1.38 bits per heavy atom. The average Bonchev–Trinajstić information content (AvgIpc) is 3.00. The average molecular weight is 294 g/mol. The molecule has 1 aromatic carbocycles. The molecule has 1 unspecified atom stereocenters. The molecule has 2 amide bonds. The van der Waals surface area contributed by atoms with E-state index in [9.17, 15) is 9.18 Å². The van der Waals surface area contributed by atoms with Crippen molar-refractivity contribution in [2.24, 2.45) is 5.92 Å². The molecule has 5 heteroatoms. The molecule has 2 N–H and O–H groups in total. The van der Waals surface area contributed by atoms with E-state index in [4.69, 9.17) is 5.11 Å². The first-order chi connectivity index (χ1) is 10.1. The quantitative estimate of drug-likeness (QED) is 0.877. The molecule has 0 heterocycles. The number of urea groups is 1. The highest BCUT2D eigenvalue weighted by atomic mass is 19.1. The van der Waals surface area contributed by atoms with Crippen molar-refractivity contribution in [2.45, 2.75) is 31.7 Å². The Balaban J connectivity index is 2.12. The lowest BCUT2D eigenvalue weighted by atomic mass is 9.91. The number of rotatable bonds is 5. The highest BCUT2D eigenvalue weighted by Crippen LogP contribution is 2.35. The van der Waals surface area contributed by atoms with Gasteiger partial charge in [0.05, 0.1) is 12.6 Å². The van der Waals surface area contributed by atoms with Crippen molar-refractivity contribution in [3.8, 4) is 0 Å². The molecule has 2 rings (SSSR count). The Kier molecular flexibility index (Phi) is 5.56. The maximum Gasteiger partial charge on any atom is 0.317 e. The van der Waals surface area contributed by atoms with Gasteiger partial charge in [0.15, 0.2) is 0 Å². The van der Waals surface area contributed by atoms with Crippen LogP contribution in [0.4, 0.5) is 9.18 Å². The van der Waals surface area contributed by atoms with Crippen LogP contribution in [0.1, 0.15) is 37.3 Å². The number of carbonyl (C=O) groups is 1. The summed E-state index contributed by atoms with van der Waals surface area (Å²) in [6, 6.07) is 6.05. The predicted octanol–water partition coefficient (Wildman–Crippen LogP) is 2.69. The molecule has 0 radical (unpaired) electrons. The Morgan fingerprint density at radius 3 is 2.57 bits per heavy atom.